The fourth-order valence-corrected chi connectivity index (χ4v) is 2.15. The lowest BCUT2D eigenvalue weighted by Crippen LogP contribution is -1.96. The number of aromatic nitrogens is 1. The maximum atomic E-state index is 5.68. The second kappa shape index (κ2) is 4.07. The number of fused-ring (bicyclic) bond motifs is 1. The van der Waals surface area contributed by atoms with Crippen molar-refractivity contribution in [1.82, 2.24) is 4.40 Å². The summed E-state index contributed by atoms with van der Waals surface area (Å²) in [5, 5.41) is 0. The summed E-state index contributed by atoms with van der Waals surface area (Å²) in [6.45, 7) is 0.581. The molecule has 17 heavy (non-hydrogen) atoms. The second-order valence-corrected chi connectivity index (χ2v) is 4.12. The van der Waals surface area contributed by atoms with Gasteiger partial charge in [-0.05, 0) is 41.5 Å². The summed E-state index contributed by atoms with van der Waals surface area (Å²) >= 11 is 0. The Kier molecular flexibility index (Phi) is 2.42. The van der Waals surface area contributed by atoms with Crippen molar-refractivity contribution in [3.63, 3.8) is 0 Å². The van der Waals surface area contributed by atoms with Gasteiger partial charge in [-0.3, -0.25) is 0 Å². The maximum absolute atomic E-state index is 5.68. The van der Waals surface area contributed by atoms with E-state index < -0.39 is 0 Å². The molecule has 0 fully saturated rings. The maximum Gasteiger partial charge on any atom is 0.0528 e. The van der Waals surface area contributed by atoms with Gasteiger partial charge in [0.2, 0.25) is 0 Å². The van der Waals surface area contributed by atoms with Crippen LogP contribution in [-0.2, 0) is 6.54 Å². The molecule has 2 heteroatoms. The molecule has 0 aliphatic carbocycles. The lowest BCUT2D eigenvalue weighted by Gasteiger charge is -2.04. The Morgan fingerprint density at radius 3 is 2.76 bits per heavy atom. The summed E-state index contributed by atoms with van der Waals surface area (Å²) in [6, 6.07) is 18.9. The molecule has 0 aliphatic heterocycles. The van der Waals surface area contributed by atoms with Crippen molar-refractivity contribution in [2.24, 2.45) is 5.73 Å². The fraction of sp³-hybridized carbons (Fsp3) is 0.0667. The largest absolute Gasteiger partial charge is 0.326 e. The van der Waals surface area contributed by atoms with Crippen LogP contribution in [0.2, 0.25) is 0 Å². The lowest BCUT2D eigenvalue weighted by atomic mass is 10.1. The van der Waals surface area contributed by atoms with Crippen LogP contribution in [0.5, 0.6) is 0 Å². The summed E-state index contributed by atoms with van der Waals surface area (Å²) in [6.07, 6.45) is 2.08. The smallest absolute Gasteiger partial charge is 0.0528 e. The van der Waals surface area contributed by atoms with E-state index >= 15 is 0 Å². The topological polar surface area (TPSA) is 30.4 Å². The average molecular weight is 222 g/mol. The van der Waals surface area contributed by atoms with Gasteiger partial charge >= 0.3 is 0 Å². The molecule has 0 unspecified atom stereocenters. The molecule has 0 spiro atoms. The van der Waals surface area contributed by atoms with Crippen molar-refractivity contribution in [3.8, 4) is 11.3 Å². The molecule has 2 aromatic heterocycles. The number of rotatable bonds is 2. The van der Waals surface area contributed by atoms with Gasteiger partial charge in [0.25, 0.3) is 0 Å². The first-order valence-corrected chi connectivity index (χ1v) is 5.74. The molecule has 1 aromatic carbocycles. The van der Waals surface area contributed by atoms with Gasteiger partial charge in [-0.1, -0.05) is 24.3 Å². The van der Waals surface area contributed by atoms with Crippen LogP contribution in [0.15, 0.2) is 60.8 Å². The summed E-state index contributed by atoms with van der Waals surface area (Å²) < 4.78 is 2.19. The lowest BCUT2D eigenvalue weighted by molar-refractivity contribution is 1.07. The Hall–Kier alpha value is -2.06. The highest BCUT2D eigenvalue weighted by Gasteiger charge is 2.03. The van der Waals surface area contributed by atoms with E-state index in [1.54, 1.807) is 0 Å². The summed E-state index contributed by atoms with van der Waals surface area (Å²) in [5.41, 5.74) is 10.5. The fourth-order valence-electron chi connectivity index (χ4n) is 2.15. The van der Waals surface area contributed by atoms with E-state index in [0.717, 1.165) is 5.56 Å². The van der Waals surface area contributed by atoms with Crippen LogP contribution in [0.25, 0.3) is 16.8 Å². The zero-order chi connectivity index (χ0) is 11.7. The molecule has 0 bridgehead atoms. The highest BCUT2D eigenvalue weighted by molar-refractivity contribution is 5.67. The van der Waals surface area contributed by atoms with Crippen LogP contribution in [-0.4, -0.2) is 4.40 Å². The average Bonchev–Trinajstić information content (AvgIpc) is 2.82. The van der Waals surface area contributed by atoms with Crippen molar-refractivity contribution in [3.05, 3.63) is 66.4 Å². The molecule has 2 nitrogen and oxygen atoms in total. The number of nitrogens with two attached hydrogens (primary N) is 1. The van der Waals surface area contributed by atoms with Gasteiger partial charge in [0.05, 0.1) is 5.69 Å². The Morgan fingerprint density at radius 1 is 0.941 bits per heavy atom. The van der Waals surface area contributed by atoms with E-state index in [2.05, 4.69) is 59.1 Å². The molecule has 0 saturated heterocycles. The van der Waals surface area contributed by atoms with E-state index in [0.29, 0.717) is 6.54 Å². The minimum Gasteiger partial charge on any atom is -0.326 e. The van der Waals surface area contributed by atoms with Gasteiger partial charge < -0.3 is 10.1 Å². The van der Waals surface area contributed by atoms with Gasteiger partial charge in [0.15, 0.2) is 0 Å². The van der Waals surface area contributed by atoms with Crippen LogP contribution >= 0.6 is 0 Å². The molecule has 0 aliphatic rings. The van der Waals surface area contributed by atoms with Crippen molar-refractivity contribution in [1.29, 1.82) is 0 Å². The van der Waals surface area contributed by atoms with Crippen LogP contribution in [0, 0.1) is 0 Å². The highest BCUT2D eigenvalue weighted by Crippen LogP contribution is 2.23. The number of benzene rings is 1. The van der Waals surface area contributed by atoms with Crippen molar-refractivity contribution < 1.29 is 0 Å². The third-order valence-electron chi connectivity index (χ3n) is 3.02. The first-order valence-electron chi connectivity index (χ1n) is 5.74. The third-order valence-corrected chi connectivity index (χ3v) is 3.02. The van der Waals surface area contributed by atoms with Crippen LogP contribution in [0.1, 0.15) is 5.56 Å². The van der Waals surface area contributed by atoms with Crippen LogP contribution in [0.3, 0.4) is 0 Å². The highest BCUT2D eigenvalue weighted by atomic mass is 14.9. The van der Waals surface area contributed by atoms with E-state index in [4.69, 9.17) is 5.73 Å². The van der Waals surface area contributed by atoms with Crippen LogP contribution < -0.4 is 5.73 Å². The van der Waals surface area contributed by atoms with Gasteiger partial charge in [0, 0.05) is 18.3 Å². The SMILES string of the molecule is NCc1cccc(-c2ccc3ccccn23)c1. The van der Waals surface area contributed by atoms with E-state index in [-0.39, 0.29) is 0 Å². The number of hydrogen-bond acceptors (Lipinski definition) is 1. The van der Waals surface area contributed by atoms with Crippen LogP contribution in [0.4, 0.5) is 0 Å². The molecule has 0 radical (unpaired) electrons. The predicted octanol–water partition coefficient (Wildman–Crippen LogP) is 3.07. The summed E-state index contributed by atoms with van der Waals surface area (Å²) in [7, 11) is 0. The van der Waals surface area contributed by atoms with E-state index in [9.17, 15) is 0 Å². The van der Waals surface area contributed by atoms with Gasteiger partial charge in [-0.15, -0.1) is 0 Å². The quantitative estimate of drug-likeness (QED) is 0.709. The van der Waals surface area contributed by atoms with E-state index in [1.807, 2.05) is 6.07 Å². The molecule has 84 valence electrons. The van der Waals surface area contributed by atoms with Crippen molar-refractivity contribution in [2.75, 3.05) is 0 Å². The molecule has 2 N–H and O–H groups in total. The first-order chi connectivity index (χ1) is 8.38. The number of hydrogen-bond donors (Lipinski definition) is 1. The Labute approximate surface area is 100 Å². The Balaban J connectivity index is 2.20. The molecular weight excluding hydrogens is 208 g/mol. The van der Waals surface area contributed by atoms with Gasteiger partial charge in [-0.25, -0.2) is 0 Å². The van der Waals surface area contributed by atoms with E-state index in [1.165, 1.54) is 16.8 Å². The number of pyridine rings is 1. The third kappa shape index (κ3) is 1.73. The molecule has 2 heterocycles. The van der Waals surface area contributed by atoms with Crippen molar-refractivity contribution in [2.45, 2.75) is 6.54 Å². The van der Waals surface area contributed by atoms with Crippen molar-refractivity contribution >= 4 is 5.52 Å². The van der Waals surface area contributed by atoms with Gasteiger partial charge in [-0.2, -0.15) is 0 Å². The predicted molar refractivity (Wildman–Crippen MR) is 70.7 cm³/mol. The molecule has 3 rings (SSSR count). The molecular formula is C15H14N2. The Morgan fingerprint density at radius 2 is 1.88 bits per heavy atom. The minimum atomic E-state index is 0.581. The zero-order valence-electron chi connectivity index (χ0n) is 9.51. The first kappa shape index (κ1) is 10.1. The molecule has 0 atom stereocenters. The molecule has 3 aromatic rings. The number of nitrogens with zero attached hydrogens (tertiary/aromatic N) is 1. The zero-order valence-corrected chi connectivity index (χ0v) is 9.51. The standard InChI is InChI=1S/C15H14N2/c16-11-12-4-3-5-13(10-12)15-8-7-14-6-1-2-9-17(14)15/h1-10H,11,16H2. The Bertz CT molecular complexity index is 653. The second-order valence-electron chi connectivity index (χ2n) is 4.12. The van der Waals surface area contributed by atoms with Gasteiger partial charge in [0.1, 0.15) is 0 Å². The summed E-state index contributed by atoms with van der Waals surface area (Å²) in [5.74, 6) is 0. The minimum absolute atomic E-state index is 0.581. The molecule has 0 amide bonds. The summed E-state index contributed by atoms with van der Waals surface area (Å²) in [4.78, 5) is 0. The molecule has 0 saturated carbocycles. The monoisotopic (exact) mass is 222 g/mol. The normalized spacial score (nSPS) is 10.9.